The van der Waals surface area contributed by atoms with Gasteiger partial charge >= 0.3 is 0 Å². The minimum absolute atomic E-state index is 0.0463. The van der Waals surface area contributed by atoms with Crippen molar-refractivity contribution in [2.75, 3.05) is 32.7 Å². The first-order chi connectivity index (χ1) is 16.4. The molecule has 1 aliphatic heterocycles. The number of nitrogens with zero attached hydrogens (tertiary/aromatic N) is 2. The van der Waals surface area contributed by atoms with Crippen molar-refractivity contribution >= 4 is 15.9 Å². The maximum absolute atomic E-state index is 14.5. The van der Waals surface area contributed by atoms with Gasteiger partial charge in [-0.1, -0.05) is 67.6 Å². The molecule has 0 bridgehead atoms. The summed E-state index contributed by atoms with van der Waals surface area (Å²) in [4.78, 5) is 16.9. The van der Waals surface area contributed by atoms with Gasteiger partial charge in [-0.25, -0.2) is 17.5 Å². The third kappa shape index (κ3) is 5.19. The molecule has 1 fully saturated rings. The summed E-state index contributed by atoms with van der Waals surface area (Å²) in [6.45, 7) is 3.91. The van der Waals surface area contributed by atoms with Crippen molar-refractivity contribution in [3.8, 4) is 0 Å². The number of rotatable bonds is 7. The number of benzene rings is 3. The van der Waals surface area contributed by atoms with Crippen LogP contribution in [0.25, 0.3) is 0 Å². The molecule has 0 unspecified atom stereocenters. The van der Waals surface area contributed by atoms with Crippen molar-refractivity contribution in [2.45, 2.75) is 17.9 Å². The smallest absolute Gasteiger partial charge is 0.256 e. The Morgan fingerprint density at radius 1 is 0.912 bits per heavy atom. The predicted octanol–water partition coefficient (Wildman–Crippen LogP) is 3.67. The summed E-state index contributed by atoms with van der Waals surface area (Å²) in [5, 5.41) is 0. The maximum atomic E-state index is 14.5. The molecule has 3 aromatic rings. The Morgan fingerprint density at radius 2 is 1.47 bits per heavy atom. The van der Waals surface area contributed by atoms with Crippen molar-refractivity contribution in [1.29, 1.82) is 0 Å². The molecule has 6 nitrogen and oxygen atoms in total. The van der Waals surface area contributed by atoms with Crippen LogP contribution in [-0.4, -0.2) is 56.8 Å². The Morgan fingerprint density at radius 3 is 2.00 bits per heavy atom. The lowest BCUT2D eigenvalue weighted by Crippen LogP contribution is -2.50. The molecule has 8 heteroatoms. The van der Waals surface area contributed by atoms with Gasteiger partial charge in [0.1, 0.15) is 5.82 Å². The Labute approximate surface area is 200 Å². The standard InChI is InChI=1S/C26H28FN3O3S/c1-2-28-34(32,33)22-13-14-24(27)23(19-22)26(31)30-17-15-29(16-18-30)25(20-9-5-3-6-10-20)21-11-7-4-8-12-21/h3-14,19,25,28H,2,15-18H2,1H3. The normalized spacial score (nSPS) is 15.0. The number of hydrogen-bond acceptors (Lipinski definition) is 4. The van der Waals surface area contributed by atoms with Crippen molar-refractivity contribution < 1.29 is 17.6 Å². The third-order valence-electron chi connectivity index (χ3n) is 6.01. The number of nitrogens with one attached hydrogen (secondary N) is 1. The summed E-state index contributed by atoms with van der Waals surface area (Å²) >= 11 is 0. The van der Waals surface area contributed by atoms with Crippen LogP contribution in [0.2, 0.25) is 0 Å². The van der Waals surface area contributed by atoms with Crippen LogP contribution in [0.3, 0.4) is 0 Å². The monoisotopic (exact) mass is 481 g/mol. The third-order valence-corrected chi connectivity index (χ3v) is 7.55. The van der Waals surface area contributed by atoms with Gasteiger partial charge in [0.05, 0.1) is 16.5 Å². The summed E-state index contributed by atoms with van der Waals surface area (Å²) in [6.07, 6.45) is 0. The second-order valence-corrected chi connectivity index (χ2v) is 9.96. The molecule has 0 spiro atoms. The van der Waals surface area contributed by atoms with E-state index in [4.69, 9.17) is 0 Å². The average Bonchev–Trinajstić information content (AvgIpc) is 2.86. The Kier molecular flexibility index (Phi) is 7.41. The lowest BCUT2D eigenvalue weighted by atomic mass is 9.96. The summed E-state index contributed by atoms with van der Waals surface area (Å²) in [5.41, 5.74) is 2.11. The zero-order valence-corrected chi connectivity index (χ0v) is 19.8. The second kappa shape index (κ2) is 10.5. The molecule has 1 N–H and O–H groups in total. The highest BCUT2D eigenvalue weighted by Crippen LogP contribution is 2.30. The Hall–Kier alpha value is -3.07. The molecule has 1 amide bonds. The molecular formula is C26H28FN3O3S. The number of piperazine rings is 1. The van der Waals surface area contributed by atoms with Gasteiger partial charge in [-0.2, -0.15) is 0 Å². The number of sulfonamides is 1. The summed E-state index contributed by atoms with van der Waals surface area (Å²) in [5.74, 6) is -1.23. The number of hydrogen-bond donors (Lipinski definition) is 1. The maximum Gasteiger partial charge on any atom is 0.256 e. The number of amides is 1. The van der Waals surface area contributed by atoms with Crippen LogP contribution in [0.1, 0.15) is 34.5 Å². The molecule has 0 aromatic heterocycles. The van der Waals surface area contributed by atoms with Crippen LogP contribution < -0.4 is 4.72 Å². The minimum atomic E-state index is -3.79. The van der Waals surface area contributed by atoms with Crippen molar-refractivity contribution in [3.05, 3.63) is 101 Å². The highest BCUT2D eigenvalue weighted by Gasteiger charge is 2.30. The Balaban J connectivity index is 1.53. The van der Waals surface area contributed by atoms with Gasteiger partial charge in [-0.05, 0) is 29.3 Å². The van der Waals surface area contributed by atoms with Crippen LogP contribution >= 0.6 is 0 Å². The predicted molar refractivity (Wildman–Crippen MR) is 129 cm³/mol. The van der Waals surface area contributed by atoms with Gasteiger partial charge in [-0.15, -0.1) is 0 Å². The van der Waals surface area contributed by atoms with Gasteiger partial charge in [0.25, 0.3) is 5.91 Å². The SMILES string of the molecule is CCNS(=O)(=O)c1ccc(F)c(C(=O)N2CCN(C(c3ccccc3)c3ccccc3)CC2)c1. The fourth-order valence-corrected chi connectivity index (χ4v) is 5.41. The lowest BCUT2D eigenvalue weighted by Gasteiger charge is -2.39. The molecule has 1 aliphatic rings. The van der Waals surface area contributed by atoms with Crippen LogP contribution in [0.4, 0.5) is 4.39 Å². The van der Waals surface area contributed by atoms with E-state index >= 15 is 0 Å². The van der Waals surface area contributed by atoms with E-state index in [0.29, 0.717) is 26.2 Å². The van der Waals surface area contributed by atoms with Crippen molar-refractivity contribution in [1.82, 2.24) is 14.5 Å². The summed E-state index contributed by atoms with van der Waals surface area (Å²) in [7, 11) is -3.79. The van der Waals surface area contributed by atoms with E-state index in [1.807, 2.05) is 36.4 Å². The highest BCUT2D eigenvalue weighted by atomic mass is 32.2. The van der Waals surface area contributed by atoms with Crippen LogP contribution in [0.15, 0.2) is 83.8 Å². The molecule has 0 saturated carbocycles. The largest absolute Gasteiger partial charge is 0.336 e. The van der Waals surface area contributed by atoms with E-state index < -0.39 is 21.7 Å². The zero-order valence-electron chi connectivity index (χ0n) is 19.0. The average molecular weight is 482 g/mol. The van der Waals surface area contributed by atoms with E-state index in [2.05, 4.69) is 33.9 Å². The van der Waals surface area contributed by atoms with E-state index in [-0.39, 0.29) is 23.0 Å². The summed E-state index contributed by atoms with van der Waals surface area (Å²) in [6, 6.07) is 23.8. The molecular weight excluding hydrogens is 453 g/mol. The molecule has 178 valence electrons. The van der Waals surface area contributed by atoms with E-state index in [1.54, 1.807) is 11.8 Å². The molecule has 34 heavy (non-hydrogen) atoms. The fourth-order valence-electron chi connectivity index (χ4n) is 4.35. The zero-order chi connectivity index (χ0) is 24.1. The van der Waals surface area contributed by atoms with E-state index in [9.17, 15) is 17.6 Å². The van der Waals surface area contributed by atoms with Gasteiger partial charge in [0, 0.05) is 32.7 Å². The quantitative estimate of drug-likeness (QED) is 0.559. The summed E-state index contributed by atoms with van der Waals surface area (Å²) < 4.78 is 41.5. The van der Waals surface area contributed by atoms with Crippen LogP contribution in [0, 0.1) is 5.82 Å². The topological polar surface area (TPSA) is 69.7 Å². The number of halogens is 1. The van der Waals surface area contributed by atoms with Crippen molar-refractivity contribution in [3.63, 3.8) is 0 Å². The first-order valence-electron chi connectivity index (χ1n) is 11.3. The molecule has 0 atom stereocenters. The van der Waals surface area contributed by atoms with Crippen LogP contribution in [0.5, 0.6) is 0 Å². The first-order valence-corrected chi connectivity index (χ1v) is 12.8. The Bertz CT molecular complexity index is 1190. The molecule has 0 aliphatic carbocycles. The minimum Gasteiger partial charge on any atom is -0.336 e. The van der Waals surface area contributed by atoms with E-state index in [0.717, 1.165) is 12.1 Å². The van der Waals surface area contributed by atoms with E-state index in [1.165, 1.54) is 17.2 Å². The van der Waals surface area contributed by atoms with Crippen LogP contribution in [-0.2, 0) is 10.0 Å². The van der Waals surface area contributed by atoms with Gasteiger partial charge in [0.15, 0.2) is 0 Å². The molecule has 1 saturated heterocycles. The molecule has 4 rings (SSSR count). The van der Waals surface area contributed by atoms with Crippen molar-refractivity contribution in [2.24, 2.45) is 0 Å². The highest BCUT2D eigenvalue weighted by molar-refractivity contribution is 7.89. The number of carbonyl (C=O) groups is 1. The fraction of sp³-hybridized carbons (Fsp3) is 0.269. The lowest BCUT2D eigenvalue weighted by molar-refractivity contribution is 0.0592. The second-order valence-electron chi connectivity index (χ2n) is 8.20. The molecule has 3 aromatic carbocycles. The number of carbonyl (C=O) groups excluding carboxylic acids is 1. The molecule has 0 radical (unpaired) electrons. The van der Waals surface area contributed by atoms with Gasteiger partial charge in [0.2, 0.25) is 10.0 Å². The van der Waals surface area contributed by atoms with Gasteiger partial charge < -0.3 is 4.90 Å². The first kappa shape index (κ1) is 24.1. The molecule has 1 heterocycles. The van der Waals surface area contributed by atoms with Gasteiger partial charge in [-0.3, -0.25) is 9.69 Å².